The highest BCUT2D eigenvalue weighted by Gasteiger charge is 2.21. The molecule has 3 aromatic heterocycles. The van der Waals surface area contributed by atoms with Gasteiger partial charge >= 0.3 is 0 Å². The lowest BCUT2D eigenvalue weighted by atomic mass is 9.98. The van der Waals surface area contributed by atoms with Crippen LogP contribution in [0.4, 0.5) is 0 Å². The molecule has 2 N–H and O–H groups in total. The van der Waals surface area contributed by atoms with E-state index in [9.17, 15) is 0 Å². The molecular formula is C22H29ClN4O. The van der Waals surface area contributed by atoms with Crippen molar-refractivity contribution in [3.05, 3.63) is 46.5 Å². The molecule has 0 amide bonds. The summed E-state index contributed by atoms with van der Waals surface area (Å²) in [6.07, 6.45) is 4.56. The monoisotopic (exact) mass is 400 g/mol. The van der Waals surface area contributed by atoms with Crippen LogP contribution in [-0.2, 0) is 11.2 Å². The molecule has 0 aromatic carbocycles. The van der Waals surface area contributed by atoms with Crippen molar-refractivity contribution in [2.75, 3.05) is 20.3 Å². The van der Waals surface area contributed by atoms with E-state index in [4.69, 9.17) is 27.1 Å². The first kappa shape index (κ1) is 20.8. The maximum Gasteiger partial charge on any atom is 0.0917 e. The average molecular weight is 401 g/mol. The Morgan fingerprint density at radius 3 is 2.64 bits per heavy atom. The molecule has 0 aliphatic carbocycles. The topological polar surface area (TPSA) is 66.0 Å². The fourth-order valence-corrected chi connectivity index (χ4v) is 3.91. The Morgan fingerprint density at radius 2 is 2.00 bits per heavy atom. The van der Waals surface area contributed by atoms with E-state index in [0.29, 0.717) is 30.5 Å². The van der Waals surface area contributed by atoms with Crippen molar-refractivity contribution in [2.45, 2.75) is 46.1 Å². The smallest absolute Gasteiger partial charge is 0.0917 e. The molecule has 0 unspecified atom stereocenters. The van der Waals surface area contributed by atoms with Crippen LogP contribution in [0.3, 0.4) is 0 Å². The third-order valence-corrected chi connectivity index (χ3v) is 5.38. The van der Waals surface area contributed by atoms with E-state index in [-0.39, 0.29) is 6.04 Å². The number of aromatic nitrogens is 3. The summed E-state index contributed by atoms with van der Waals surface area (Å²) in [4.78, 5) is 9.52. The number of halogens is 1. The molecule has 0 spiro atoms. The van der Waals surface area contributed by atoms with E-state index in [1.807, 2.05) is 0 Å². The van der Waals surface area contributed by atoms with Crippen LogP contribution in [0.1, 0.15) is 49.7 Å². The van der Waals surface area contributed by atoms with Gasteiger partial charge in [-0.3, -0.25) is 9.97 Å². The molecule has 0 saturated heterocycles. The van der Waals surface area contributed by atoms with E-state index in [0.717, 1.165) is 39.1 Å². The van der Waals surface area contributed by atoms with Gasteiger partial charge in [-0.05, 0) is 37.9 Å². The zero-order valence-electron chi connectivity index (χ0n) is 17.3. The number of nitrogens with two attached hydrogens (primary N) is 1. The summed E-state index contributed by atoms with van der Waals surface area (Å²) in [5.74, 6) is 0.353. The lowest BCUT2D eigenvalue weighted by molar-refractivity contribution is 0.164. The van der Waals surface area contributed by atoms with Gasteiger partial charge in [-0.2, -0.15) is 0 Å². The van der Waals surface area contributed by atoms with Crippen LogP contribution < -0.4 is 5.73 Å². The van der Waals surface area contributed by atoms with Crippen molar-refractivity contribution in [3.8, 4) is 11.1 Å². The minimum atomic E-state index is 0.154. The maximum absolute atomic E-state index is 6.71. The average Bonchev–Trinajstić information content (AvgIpc) is 2.99. The summed E-state index contributed by atoms with van der Waals surface area (Å²) in [6, 6.07) is 4.37. The molecule has 0 saturated carbocycles. The molecule has 1 atom stereocenters. The molecule has 28 heavy (non-hydrogen) atoms. The number of hydrogen-bond donors (Lipinski definition) is 1. The van der Waals surface area contributed by atoms with Crippen LogP contribution in [0, 0.1) is 6.92 Å². The number of nitrogens with zero attached hydrogens (tertiary/aromatic N) is 3. The summed E-state index contributed by atoms with van der Waals surface area (Å²) in [6.45, 7) is 9.64. The van der Waals surface area contributed by atoms with Gasteiger partial charge in [0.1, 0.15) is 0 Å². The zero-order chi connectivity index (χ0) is 20.4. The van der Waals surface area contributed by atoms with E-state index in [1.165, 1.54) is 0 Å². The van der Waals surface area contributed by atoms with Crippen LogP contribution in [-0.4, -0.2) is 34.8 Å². The Hall–Kier alpha value is -1.95. The van der Waals surface area contributed by atoms with Crippen molar-refractivity contribution in [2.24, 2.45) is 5.73 Å². The molecule has 0 radical (unpaired) electrons. The number of pyridine rings is 2. The highest BCUT2D eigenvalue weighted by Crippen LogP contribution is 2.39. The SMILES string of the molecule is COC[C@H](C)n1cc(C)c2ncc(Cl)c(-c3ccc(C(C)C)nc3CCN)c21. The molecule has 3 rings (SSSR count). The van der Waals surface area contributed by atoms with Gasteiger partial charge in [0, 0.05) is 48.4 Å². The molecule has 3 aromatic rings. The van der Waals surface area contributed by atoms with Crippen LogP contribution >= 0.6 is 11.6 Å². The quantitative estimate of drug-likeness (QED) is 0.613. The second kappa shape index (κ2) is 8.60. The lowest BCUT2D eigenvalue weighted by Gasteiger charge is -2.19. The van der Waals surface area contributed by atoms with Gasteiger partial charge in [0.05, 0.1) is 28.7 Å². The molecule has 6 heteroatoms. The second-order valence-electron chi connectivity index (χ2n) is 7.63. The van der Waals surface area contributed by atoms with Crippen LogP contribution in [0.25, 0.3) is 22.2 Å². The molecule has 5 nitrogen and oxygen atoms in total. The largest absolute Gasteiger partial charge is 0.383 e. The number of rotatable bonds is 7. The number of fused-ring (bicyclic) bond motifs is 1. The van der Waals surface area contributed by atoms with Crippen molar-refractivity contribution >= 4 is 22.6 Å². The number of hydrogen-bond acceptors (Lipinski definition) is 4. The van der Waals surface area contributed by atoms with Crippen molar-refractivity contribution < 1.29 is 4.74 Å². The Balaban J connectivity index is 2.32. The normalized spacial score (nSPS) is 12.9. The summed E-state index contributed by atoms with van der Waals surface area (Å²) in [5.41, 5.74) is 13.0. The first-order chi connectivity index (χ1) is 13.4. The first-order valence-corrected chi connectivity index (χ1v) is 10.1. The summed E-state index contributed by atoms with van der Waals surface area (Å²) in [5, 5.41) is 0.619. The Bertz CT molecular complexity index is 980. The minimum absolute atomic E-state index is 0.154. The van der Waals surface area contributed by atoms with E-state index < -0.39 is 0 Å². The van der Waals surface area contributed by atoms with E-state index >= 15 is 0 Å². The third kappa shape index (κ3) is 3.79. The minimum Gasteiger partial charge on any atom is -0.383 e. The van der Waals surface area contributed by atoms with Crippen molar-refractivity contribution in [1.29, 1.82) is 0 Å². The highest BCUT2D eigenvalue weighted by atomic mass is 35.5. The van der Waals surface area contributed by atoms with Gasteiger partial charge < -0.3 is 15.0 Å². The Kier molecular flexibility index (Phi) is 6.38. The van der Waals surface area contributed by atoms with Gasteiger partial charge in [0.25, 0.3) is 0 Å². The Morgan fingerprint density at radius 1 is 1.25 bits per heavy atom. The molecular weight excluding hydrogens is 372 g/mol. The molecule has 150 valence electrons. The van der Waals surface area contributed by atoms with Crippen molar-refractivity contribution in [3.63, 3.8) is 0 Å². The predicted molar refractivity (Wildman–Crippen MR) is 116 cm³/mol. The van der Waals surface area contributed by atoms with E-state index in [1.54, 1.807) is 13.3 Å². The zero-order valence-corrected chi connectivity index (χ0v) is 18.0. The molecule has 0 aliphatic heterocycles. The molecule has 0 bridgehead atoms. The number of ether oxygens (including phenoxy) is 1. The first-order valence-electron chi connectivity index (χ1n) is 9.73. The maximum atomic E-state index is 6.71. The summed E-state index contributed by atoms with van der Waals surface area (Å²) in [7, 11) is 1.72. The van der Waals surface area contributed by atoms with Crippen LogP contribution in [0.15, 0.2) is 24.5 Å². The third-order valence-electron chi connectivity index (χ3n) is 5.09. The number of methoxy groups -OCH3 is 1. The fraction of sp³-hybridized carbons (Fsp3) is 0.455. The highest BCUT2D eigenvalue weighted by molar-refractivity contribution is 6.34. The van der Waals surface area contributed by atoms with Crippen molar-refractivity contribution in [1.82, 2.24) is 14.5 Å². The van der Waals surface area contributed by atoms with Gasteiger partial charge in [0.15, 0.2) is 0 Å². The van der Waals surface area contributed by atoms with Crippen LogP contribution in [0.2, 0.25) is 5.02 Å². The van der Waals surface area contributed by atoms with Gasteiger partial charge in [-0.25, -0.2) is 0 Å². The molecule has 0 fully saturated rings. The fourth-order valence-electron chi connectivity index (χ4n) is 3.67. The summed E-state index contributed by atoms with van der Waals surface area (Å²) >= 11 is 6.71. The lowest BCUT2D eigenvalue weighted by Crippen LogP contribution is -2.11. The van der Waals surface area contributed by atoms with Gasteiger partial charge in [0.2, 0.25) is 0 Å². The van der Waals surface area contributed by atoms with E-state index in [2.05, 4.69) is 55.6 Å². The Labute approximate surface area is 171 Å². The molecule has 0 aliphatic rings. The predicted octanol–water partition coefficient (Wildman–Crippen LogP) is 4.89. The standard InChI is InChI=1S/C22H29ClN4O/c1-13(2)18-7-6-16(19(26-18)8-9-24)20-17(23)10-25-21-14(3)11-27(22(20)21)15(4)12-28-5/h6-7,10-11,13,15H,8-9,12,24H2,1-5H3/t15-/m0/s1. The molecule has 3 heterocycles. The summed E-state index contributed by atoms with van der Waals surface area (Å²) < 4.78 is 7.61. The van der Waals surface area contributed by atoms with Gasteiger partial charge in [-0.15, -0.1) is 0 Å². The van der Waals surface area contributed by atoms with Crippen LogP contribution in [0.5, 0.6) is 0 Å². The number of aryl methyl sites for hydroxylation is 1. The second-order valence-corrected chi connectivity index (χ2v) is 8.03. The van der Waals surface area contributed by atoms with Gasteiger partial charge in [-0.1, -0.05) is 31.5 Å².